The van der Waals surface area contributed by atoms with Gasteiger partial charge in [0.05, 0.1) is 19.4 Å². The number of hydrogen-bond acceptors (Lipinski definition) is 6. The van der Waals surface area contributed by atoms with Crippen LogP contribution < -0.4 is 24.7 Å². The molecular weight excluding hydrogens is 358 g/mol. The number of carbonyl (C=O) groups is 1. The van der Waals surface area contributed by atoms with Crippen LogP contribution in [0, 0.1) is 0 Å². The molecule has 0 radical (unpaired) electrons. The molecule has 0 unspecified atom stereocenters. The number of Topliss-reactive ketones (excluding diaryl/α,β-unsaturated/α-hetero) is 1. The van der Waals surface area contributed by atoms with E-state index in [2.05, 4.69) is 0 Å². The highest BCUT2D eigenvalue weighted by molar-refractivity contribution is 6.11. The third-order valence-electron chi connectivity index (χ3n) is 4.44. The van der Waals surface area contributed by atoms with Crippen LogP contribution >= 0.6 is 0 Å². The van der Waals surface area contributed by atoms with Crippen molar-refractivity contribution in [3.8, 4) is 23.0 Å². The number of anilines is 1. The summed E-state index contributed by atoms with van der Waals surface area (Å²) in [7, 11) is 1.58. The topological polar surface area (TPSA) is 80.0 Å². The van der Waals surface area contributed by atoms with E-state index in [1.165, 1.54) is 0 Å². The molecule has 0 aliphatic carbocycles. The van der Waals surface area contributed by atoms with Crippen LogP contribution in [0.25, 0.3) is 6.08 Å². The molecule has 2 aromatic carbocycles. The summed E-state index contributed by atoms with van der Waals surface area (Å²) in [6, 6.07) is 8.79. The molecule has 28 heavy (non-hydrogen) atoms. The molecule has 3 rings (SSSR count). The molecule has 1 aliphatic rings. The normalized spacial score (nSPS) is 13.2. The zero-order valence-corrected chi connectivity index (χ0v) is 16.4. The van der Waals surface area contributed by atoms with Crippen LogP contribution in [0.2, 0.25) is 0 Å². The van der Waals surface area contributed by atoms with Crippen LogP contribution in [0.15, 0.2) is 35.9 Å². The smallest absolute Gasteiger partial charge is 0.203 e. The van der Waals surface area contributed by atoms with E-state index in [0.717, 1.165) is 5.56 Å². The molecule has 2 aromatic rings. The summed E-state index contributed by atoms with van der Waals surface area (Å²) in [5.41, 5.74) is 8.43. The molecule has 0 atom stereocenters. The highest BCUT2D eigenvalue weighted by Crippen LogP contribution is 2.41. The summed E-state index contributed by atoms with van der Waals surface area (Å²) in [6.07, 6.45) is 2.42. The second-order valence-electron chi connectivity index (χ2n) is 6.29. The monoisotopic (exact) mass is 383 g/mol. The van der Waals surface area contributed by atoms with Crippen molar-refractivity contribution < 1.29 is 23.7 Å². The van der Waals surface area contributed by atoms with E-state index in [4.69, 9.17) is 24.7 Å². The molecule has 6 heteroatoms. The second kappa shape index (κ2) is 8.69. The van der Waals surface area contributed by atoms with E-state index in [1.807, 2.05) is 32.1 Å². The summed E-state index contributed by atoms with van der Waals surface area (Å²) in [5.74, 6) is 2.24. The first-order valence-electron chi connectivity index (χ1n) is 9.32. The lowest BCUT2D eigenvalue weighted by atomic mass is 9.98. The predicted octanol–water partition coefficient (Wildman–Crippen LogP) is 4.12. The van der Waals surface area contributed by atoms with Crippen LogP contribution in [0.5, 0.6) is 23.0 Å². The van der Waals surface area contributed by atoms with E-state index in [-0.39, 0.29) is 5.78 Å². The first-order chi connectivity index (χ1) is 13.6. The number of fused-ring (bicyclic) bond motifs is 1. The predicted molar refractivity (Wildman–Crippen MR) is 109 cm³/mol. The van der Waals surface area contributed by atoms with Gasteiger partial charge in [-0.15, -0.1) is 0 Å². The van der Waals surface area contributed by atoms with Gasteiger partial charge in [0.25, 0.3) is 0 Å². The third kappa shape index (κ3) is 4.06. The second-order valence-corrected chi connectivity index (χ2v) is 6.29. The molecule has 6 nitrogen and oxygen atoms in total. The number of benzene rings is 2. The van der Waals surface area contributed by atoms with Gasteiger partial charge < -0.3 is 24.7 Å². The fourth-order valence-corrected chi connectivity index (χ4v) is 3.05. The maximum absolute atomic E-state index is 13.0. The summed E-state index contributed by atoms with van der Waals surface area (Å²) in [4.78, 5) is 13.0. The Kier molecular flexibility index (Phi) is 6.09. The molecule has 0 saturated carbocycles. The van der Waals surface area contributed by atoms with Gasteiger partial charge in [-0.2, -0.15) is 0 Å². The van der Waals surface area contributed by atoms with Crippen molar-refractivity contribution in [3.05, 3.63) is 47.0 Å². The van der Waals surface area contributed by atoms with Crippen LogP contribution in [0.1, 0.15) is 36.2 Å². The average molecular weight is 383 g/mol. The van der Waals surface area contributed by atoms with E-state index in [0.29, 0.717) is 66.1 Å². The van der Waals surface area contributed by atoms with Gasteiger partial charge in [-0.25, -0.2) is 0 Å². The lowest BCUT2D eigenvalue weighted by Crippen LogP contribution is -2.16. The van der Waals surface area contributed by atoms with Crippen molar-refractivity contribution in [2.75, 3.05) is 32.7 Å². The first-order valence-corrected chi connectivity index (χ1v) is 9.32. The minimum atomic E-state index is -0.0719. The Balaban J connectivity index is 1.96. The number of ketones is 1. The van der Waals surface area contributed by atoms with Gasteiger partial charge in [-0.05, 0) is 55.3 Å². The van der Waals surface area contributed by atoms with Crippen LogP contribution in [-0.4, -0.2) is 32.7 Å². The number of methoxy groups -OCH3 is 1. The Morgan fingerprint density at radius 2 is 1.93 bits per heavy atom. The first kappa shape index (κ1) is 19.6. The summed E-state index contributed by atoms with van der Waals surface area (Å²) in [5, 5.41) is 0. The Bertz CT molecular complexity index is 887. The summed E-state index contributed by atoms with van der Waals surface area (Å²) >= 11 is 0. The Labute approximate surface area is 164 Å². The number of allylic oxidation sites excluding steroid dienone is 1. The van der Waals surface area contributed by atoms with Crippen molar-refractivity contribution in [1.82, 2.24) is 0 Å². The van der Waals surface area contributed by atoms with Gasteiger partial charge in [0.15, 0.2) is 17.3 Å². The number of rotatable bonds is 7. The minimum absolute atomic E-state index is 0.0719. The summed E-state index contributed by atoms with van der Waals surface area (Å²) in [6.45, 7) is 5.26. The van der Waals surface area contributed by atoms with E-state index < -0.39 is 0 Å². The molecule has 2 N–H and O–H groups in total. The highest BCUT2D eigenvalue weighted by Gasteiger charge is 2.19. The molecule has 0 spiro atoms. The summed E-state index contributed by atoms with van der Waals surface area (Å²) < 4.78 is 22.2. The quantitative estimate of drug-likeness (QED) is 0.440. The minimum Gasteiger partial charge on any atom is -0.493 e. The fraction of sp³-hybridized carbons (Fsp3) is 0.318. The largest absolute Gasteiger partial charge is 0.493 e. The lowest BCUT2D eigenvalue weighted by Gasteiger charge is -2.21. The van der Waals surface area contributed by atoms with Gasteiger partial charge in [-0.1, -0.05) is 6.92 Å². The van der Waals surface area contributed by atoms with Crippen molar-refractivity contribution in [2.45, 2.75) is 20.3 Å². The lowest BCUT2D eigenvalue weighted by molar-refractivity contribution is 0.103. The molecular formula is C22H25NO5. The Hall–Kier alpha value is -3.15. The average Bonchev–Trinajstić information content (AvgIpc) is 2.72. The molecule has 0 bridgehead atoms. The molecule has 0 fully saturated rings. The standard InChI is InChI=1S/C22H25NO5/c1-4-15(21(24)16-6-7-17(23)18(13-16)26-5-2)10-14-11-19(25-3)22-20(12-14)27-8-9-28-22/h6-7,10-13H,4-5,8-9,23H2,1-3H3. The molecule has 0 aromatic heterocycles. The van der Waals surface area contributed by atoms with E-state index >= 15 is 0 Å². The van der Waals surface area contributed by atoms with Gasteiger partial charge in [-0.3, -0.25) is 4.79 Å². The van der Waals surface area contributed by atoms with Gasteiger partial charge in [0.1, 0.15) is 19.0 Å². The van der Waals surface area contributed by atoms with Crippen LogP contribution in [0.3, 0.4) is 0 Å². The third-order valence-corrected chi connectivity index (χ3v) is 4.44. The highest BCUT2D eigenvalue weighted by atomic mass is 16.6. The number of nitrogens with two attached hydrogens (primary N) is 1. The van der Waals surface area contributed by atoms with Crippen molar-refractivity contribution in [3.63, 3.8) is 0 Å². The Morgan fingerprint density at radius 3 is 2.64 bits per heavy atom. The van der Waals surface area contributed by atoms with Crippen LogP contribution in [-0.2, 0) is 0 Å². The van der Waals surface area contributed by atoms with Crippen molar-refractivity contribution >= 4 is 17.5 Å². The Morgan fingerprint density at radius 1 is 1.14 bits per heavy atom. The van der Waals surface area contributed by atoms with Crippen LogP contribution in [0.4, 0.5) is 5.69 Å². The number of carbonyl (C=O) groups excluding carboxylic acids is 1. The van der Waals surface area contributed by atoms with Gasteiger partial charge in [0, 0.05) is 11.1 Å². The molecule has 1 heterocycles. The number of nitrogen functional groups attached to an aromatic ring is 1. The SMILES string of the molecule is CCOc1cc(C(=O)C(=Cc2cc(OC)c3c(c2)OCCO3)CC)ccc1N. The van der Waals surface area contributed by atoms with E-state index in [9.17, 15) is 4.79 Å². The molecule has 1 aliphatic heterocycles. The van der Waals surface area contributed by atoms with Gasteiger partial charge in [0.2, 0.25) is 5.75 Å². The molecule has 148 valence electrons. The molecule has 0 saturated heterocycles. The van der Waals surface area contributed by atoms with Gasteiger partial charge >= 0.3 is 0 Å². The zero-order valence-electron chi connectivity index (χ0n) is 16.4. The zero-order chi connectivity index (χ0) is 20.1. The van der Waals surface area contributed by atoms with E-state index in [1.54, 1.807) is 25.3 Å². The van der Waals surface area contributed by atoms with Crippen molar-refractivity contribution in [2.24, 2.45) is 0 Å². The molecule has 0 amide bonds. The number of hydrogen-bond donors (Lipinski definition) is 1. The number of ether oxygens (including phenoxy) is 4. The fourth-order valence-electron chi connectivity index (χ4n) is 3.05. The maximum Gasteiger partial charge on any atom is 0.203 e. The van der Waals surface area contributed by atoms with Crippen molar-refractivity contribution in [1.29, 1.82) is 0 Å². The maximum atomic E-state index is 13.0.